The number of para-hydroxylation sites is 2. The molecular formula is C67H43NO2. The second kappa shape index (κ2) is 16.0. The van der Waals surface area contributed by atoms with Gasteiger partial charge in [0.1, 0.15) is 22.3 Å². The van der Waals surface area contributed by atoms with Crippen LogP contribution in [0.1, 0.15) is 22.3 Å². The van der Waals surface area contributed by atoms with Crippen molar-refractivity contribution >= 4 is 60.9 Å². The normalized spacial score (nSPS) is 12.7. The minimum atomic E-state index is -0.684. The van der Waals surface area contributed by atoms with Crippen LogP contribution in [-0.2, 0) is 5.41 Å². The molecule has 3 heteroatoms. The van der Waals surface area contributed by atoms with E-state index in [0.29, 0.717) is 0 Å². The fourth-order valence-electron chi connectivity index (χ4n) is 11.5. The Kier molecular flexibility index (Phi) is 9.11. The number of nitrogens with zero attached hydrogens (tertiary/aromatic N) is 1. The Hall–Kier alpha value is -9.18. The Bertz CT molecular complexity index is 4060. The van der Waals surface area contributed by atoms with Gasteiger partial charge in [0, 0.05) is 44.2 Å². The fraction of sp³-hybridized carbons (Fsp3) is 0.0149. The molecule has 0 unspecified atom stereocenters. The fourth-order valence-corrected chi connectivity index (χ4v) is 11.5. The quantitative estimate of drug-likeness (QED) is 0.160. The summed E-state index contributed by atoms with van der Waals surface area (Å²) in [6.07, 6.45) is 0. The minimum absolute atomic E-state index is 0.684. The zero-order valence-electron chi connectivity index (χ0n) is 38.1. The van der Waals surface area contributed by atoms with E-state index in [1.165, 1.54) is 50.1 Å². The van der Waals surface area contributed by atoms with Crippen LogP contribution in [0.4, 0.5) is 17.1 Å². The Morgan fingerprint density at radius 1 is 0.271 bits per heavy atom. The van der Waals surface area contributed by atoms with Gasteiger partial charge < -0.3 is 13.7 Å². The molecule has 2 aromatic heterocycles. The summed E-state index contributed by atoms with van der Waals surface area (Å²) in [4.78, 5) is 2.40. The molecular weight excluding hydrogens is 851 g/mol. The van der Waals surface area contributed by atoms with Crippen molar-refractivity contribution in [3.8, 4) is 44.5 Å². The van der Waals surface area contributed by atoms with Crippen molar-refractivity contribution in [1.29, 1.82) is 0 Å². The molecule has 0 aliphatic heterocycles. The maximum absolute atomic E-state index is 6.61. The first-order valence-corrected chi connectivity index (χ1v) is 24.0. The lowest BCUT2D eigenvalue weighted by molar-refractivity contribution is 0.668. The van der Waals surface area contributed by atoms with E-state index in [1.54, 1.807) is 0 Å². The Labute approximate surface area is 405 Å². The van der Waals surface area contributed by atoms with E-state index in [4.69, 9.17) is 8.83 Å². The van der Waals surface area contributed by atoms with Crippen molar-refractivity contribution in [1.82, 2.24) is 0 Å². The second-order valence-electron chi connectivity index (χ2n) is 18.3. The molecule has 328 valence electrons. The average molecular weight is 894 g/mol. The number of fused-ring (bicyclic) bond motifs is 11. The summed E-state index contributed by atoms with van der Waals surface area (Å²) in [5.41, 5.74) is 20.1. The van der Waals surface area contributed by atoms with Crippen molar-refractivity contribution < 1.29 is 8.83 Å². The highest BCUT2D eigenvalue weighted by Gasteiger charge is 2.44. The smallest absolute Gasteiger partial charge is 0.143 e. The first-order chi connectivity index (χ1) is 34.7. The average Bonchev–Trinajstić information content (AvgIpc) is 3.97. The van der Waals surface area contributed by atoms with Crippen molar-refractivity contribution in [3.05, 3.63) is 283 Å². The lowest BCUT2D eigenvalue weighted by Crippen LogP contribution is -2.32. The summed E-state index contributed by atoms with van der Waals surface area (Å²) in [7, 11) is 0. The third-order valence-corrected chi connectivity index (χ3v) is 14.6. The van der Waals surface area contributed by atoms with Gasteiger partial charge in [0.25, 0.3) is 0 Å². The van der Waals surface area contributed by atoms with Crippen LogP contribution in [0.2, 0.25) is 0 Å². The van der Waals surface area contributed by atoms with E-state index in [1.807, 2.05) is 12.1 Å². The zero-order valence-corrected chi connectivity index (χ0v) is 38.1. The van der Waals surface area contributed by atoms with Crippen LogP contribution in [0, 0.1) is 0 Å². The van der Waals surface area contributed by atoms with Crippen LogP contribution < -0.4 is 4.90 Å². The Morgan fingerprint density at radius 2 is 0.771 bits per heavy atom. The standard InChI is InChI=1S/C67H43NO2/c1-3-17-44(18-4-1)45-33-36-49(37-34-45)68(51-38-40-65-60(43-51)59-41-46(35-39-64(59)69-65)52-28-16-29-58-57-27-11-14-32-63(57)70-66(52)58)50-22-15-21-48(42-50)67(47-19-5-2-6-20-47)61-30-12-9-25-55(61)53-23-7-8-24-54(53)56-26-10-13-31-62(56)67/h1-43H. The van der Waals surface area contributed by atoms with E-state index in [0.717, 1.165) is 77.6 Å². The van der Waals surface area contributed by atoms with Gasteiger partial charge in [-0.1, -0.05) is 200 Å². The third-order valence-electron chi connectivity index (χ3n) is 14.6. The summed E-state index contributed by atoms with van der Waals surface area (Å²) in [6.45, 7) is 0. The molecule has 3 nitrogen and oxygen atoms in total. The number of hydrogen-bond donors (Lipinski definition) is 0. The number of furan rings is 2. The molecule has 14 rings (SSSR count). The summed E-state index contributed by atoms with van der Waals surface area (Å²) in [5.74, 6) is 0. The predicted molar refractivity (Wildman–Crippen MR) is 289 cm³/mol. The van der Waals surface area contributed by atoms with Crippen LogP contribution in [0.25, 0.3) is 88.4 Å². The maximum atomic E-state index is 6.61. The molecule has 2 heterocycles. The van der Waals surface area contributed by atoms with Crippen LogP contribution >= 0.6 is 0 Å². The first kappa shape index (κ1) is 39.9. The van der Waals surface area contributed by atoms with E-state index in [-0.39, 0.29) is 0 Å². The van der Waals surface area contributed by atoms with Crippen LogP contribution in [0.3, 0.4) is 0 Å². The molecule has 0 fully saturated rings. The van der Waals surface area contributed by atoms with Crippen LogP contribution in [0.15, 0.2) is 270 Å². The molecule has 0 amide bonds. The summed E-state index contributed by atoms with van der Waals surface area (Å²) >= 11 is 0. The van der Waals surface area contributed by atoms with Crippen molar-refractivity contribution in [2.24, 2.45) is 0 Å². The first-order valence-electron chi connectivity index (χ1n) is 24.0. The molecule has 70 heavy (non-hydrogen) atoms. The van der Waals surface area contributed by atoms with Gasteiger partial charge in [-0.15, -0.1) is 0 Å². The maximum Gasteiger partial charge on any atom is 0.143 e. The number of rotatable bonds is 7. The lowest BCUT2D eigenvalue weighted by atomic mass is 9.63. The lowest BCUT2D eigenvalue weighted by Gasteiger charge is -2.39. The highest BCUT2D eigenvalue weighted by molar-refractivity contribution is 6.12. The predicted octanol–water partition coefficient (Wildman–Crippen LogP) is 18.3. The Balaban J connectivity index is 0.991. The van der Waals surface area contributed by atoms with Crippen molar-refractivity contribution in [2.45, 2.75) is 5.41 Å². The summed E-state index contributed by atoms with van der Waals surface area (Å²) in [6, 6.07) is 94.6. The minimum Gasteiger partial charge on any atom is -0.456 e. The molecule has 0 N–H and O–H groups in total. The van der Waals surface area contributed by atoms with E-state index in [2.05, 4.69) is 254 Å². The highest BCUT2D eigenvalue weighted by Crippen LogP contribution is 2.55. The van der Waals surface area contributed by atoms with E-state index in [9.17, 15) is 0 Å². The molecule has 0 radical (unpaired) electrons. The monoisotopic (exact) mass is 893 g/mol. The SMILES string of the molecule is c1ccc(-c2ccc(N(c3cccc(C4(c5ccccc5)c5ccccc5-c5ccccc5-c5ccccc54)c3)c3ccc4oc5ccc(-c6cccc7c6oc6ccccc67)cc5c4c3)cc2)cc1. The van der Waals surface area contributed by atoms with Gasteiger partial charge in [-0.25, -0.2) is 0 Å². The summed E-state index contributed by atoms with van der Waals surface area (Å²) in [5, 5.41) is 4.31. The number of hydrogen-bond acceptors (Lipinski definition) is 3. The molecule has 0 spiro atoms. The zero-order chi connectivity index (χ0) is 46.2. The highest BCUT2D eigenvalue weighted by atomic mass is 16.3. The molecule has 1 aliphatic carbocycles. The largest absolute Gasteiger partial charge is 0.456 e. The molecule has 13 aromatic rings. The molecule has 1 aliphatic rings. The second-order valence-corrected chi connectivity index (χ2v) is 18.3. The van der Waals surface area contributed by atoms with Gasteiger partial charge in [-0.3, -0.25) is 0 Å². The van der Waals surface area contributed by atoms with Crippen LogP contribution in [0.5, 0.6) is 0 Å². The number of benzene rings is 11. The van der Waals surface area contributed by atoms with Gasteiger partial charge in [-0.05, 0) is 122 Å². The molecule has 11 aromatic carbocycles. The molecule has 0 atom stereocenters. The van der Waals surface area contributed by atoms with E-state index < -0.39 is 5.41 Å². The third kappa shape index (κ3) is 6.15. The summed E-state index contributed by atoms with van der Waals surface area (Å²) < 4.78 is 13.1. The molecule has 0 saturated heterocycles. The number of anilines is 3. The topological polar surface area (TPSA) is 29.5 Å². The van der Waals surface area contributed by atoms with Crippen molar-refractivity contribution in [3.63, 3.8) is 0 Å². The van der Waals surface area contributed by atoms with Gasteiger partial charge in [0.05, 0.1) is 5.41 Å². The van der Waals surface area contributed by atoms with Gasteiger partial charge in [-0.2, -0.15) is 0 Å². The molecule has 0 saturated carbocycles. The Morgan fingerprint density at radius 3 is 1.51 bits per heavy atom. The van der Waals surface area contributed by atoms with Gasteiger partial charge in [0.2, 0.25) is 0 Å². The van der Waals surface area contributed by atoms with E-state index >= 15 is 0 Å². The molecule has 0 bridgehead atoms. The van der Waals surface area contributed by atoms with Gasteiger partial charge in [0.15, 0.2) is 0 Å². The van der Waals surface area contributed by atoms with Crippen LogP contribution in [-0.4, -0.2) is 0 Å². The van der Waals surface area contributed by atoms with Gasteiger partial charge >= 0.3 is 0 Å². The van der Waals surface area contributed by atoms with Crippen molar-refractivity contribution in [2.75, 3.05) is 4.90 Å².